The molecule has 1 saturated carbocycles. The Hall–Kier alpha value is -0.0900. The molecule has 1 fully saturated rings. The molecule has 76 valence electrons. The lowest BCUT2D eigenvalue weighted by atomic mass is 10.0. The van der Waals surface area contributed by atoms with Gasteiger partial charge in [-0.2, -0.15) is 0 Å². The predicted octanol–water partition coefficient (Wildman–Crippen LogP) is 3.66. The smallest absolute Gasteiger partial charge is 0.116 e. The van der Waals surface area contributed by atoms with Gasteiger partial charge in [0.25, 0.3) is 0 Å². The van der Waals surface area contributed by atoms with Crippen molar-refractivity contribution in [3.8, 4) is 0 Å². The van der Waals surface area contributed by atoms with Crippen molar-refractivity contribution >= 4 is 27.7 Å². The lowest BCUT2D eigenvalue weighted by molar-refractivity contribution is 0.515. The maximum Gasteiger partial charge on any atom is 0.116 e. The van der Waals surface area contributed by atoms with E-state index in [4.69, 9.17) is 0 Å². The molecule has 0 amide bonds. The van der Waals surface area contributed by atoms with Crippen LogP contribution in [0.4, 0.5) is 0 Å². The highest BCUT2D eigenvalue weighted by atomic mass is 79.9. The first-order valence-corrected chi connectivity index (χ1v) is 6.65. The lowest BCUT2D eigenvalue weighted by Gasteiger charge is -2.20. The molecular weight excluding hydrogens is 260 g/mol. The number of thioether (sulfide) groups is 1. The third-order valence-corrected chi connectivity index (χ3v) is 4.66. The summed E-state index contributed by atoms with van der Waals surface area (Å²) >= 11 is 5.37. The van der Waals surface area contributed by atoms with Crippen LogP contribution < -0.4 is 0 Å². The summed E-state index contributed by atoms with van der Waals surface area (Å²) in [4.78, 5) is 8.24. The Morgan fingerprint density at radius 1 is 1.29 bits per heavy atom. The van der Waals surface area contributed by atoms with E-state index in [2.05, 4.69) is 25.9 Å². The van der Waals surface area contributed by atoms with Crippen LogP contribution in [-0.4, -0.2) is 15.2 Å². The largest absolute Gasteiger partial charge is 0.244 e. The van der Waals surface area contributed by atoms with Crippen LogP contribution in [0.25, 0.3) is 0 Å². The fraction of sp³-hybridized carbons (Fsp3) is 0.600. The Labute approximate surface area is 97.0 Å². The Kier molecular flexibility index (Phi) is 3.81. The number of nitrogens with zero attached hydrogens (tertiary/aromatic N) is 2. The summed E-state index contributed by atoms with van der Waals surface area (Å²) in [5.74, 6) is 0. The predicted molar refractivity (Wildman–Crippen MR) is 62.5 cm³/mol. The Morgan fingerprint density at radius 3 is 2.79 bits per heavy atom. The Morgan fingerprint density at radius 2 is 2.07 bits per heavy atom. The summed E-state index contributed by atoms with van der Waals surface area (Å²) in [6.07, 6.45) is 10.3. The monoisotopic (exact) mass is 272 g/mol. The van der Waals surface area contributed by atoms with Gasteiger partial charge in [-0.3, -0.25) is 0 Å². The van der Waals surface area contributed by atoms with Gasteiger partial charge in [-0.15, -0.1) is 11.8 Å². The van der Waals surface area contributed by atoms with E-state index in [9.17, 15) is 0 Å². The molecule has 0 saturated heterocycles. The first-order valence-electron chi connectivity index (χ1n) is 4.98. The number of hydrogen-bond donors (Lipinski definition) is 0. The van der Waals surface area contributed by atoms with Crippen LogP contribution in [0.1, 0.15) is 32.1 Å². The summed E-state index contributed by atoms with van der Waals surface area (Å²) in [5, 5.41) is 1.85. The third kappa shape index (κ3) is 2.70. The minimum atomic E-state index is 0.759. The molecule has 2 rings (SSSR count). The van der Waals surface area contributed by atoms with E-state index in [-0.39, 0.29) is 0 Å². The molecule has 2 nitrogen and oxygen atoms in total. The van der Waals surface area contributed by atoms with Crippen LogP contribution in [0.2, 0.25) is 0 Å². The van der Waals surface area contributed by atoms with Gasteiger partial charge in [0.2, 0.25) is 0 Å². The van der Waals surface area contributed by atoms with Gasteiger partial charge < -0.3 is 0 Å². The van der Waals surface area contributed by atoms with Crippen molar-refractivity contribution in [1.29, 1.82) is 0 Å². The fourth-order valence-electron chi connectivity index (χ4n) is 1.73. The second-order valence-corrected chi connectivity index (χ2v) is 5.70. The van der Waals surface area contributed by atoms with Gasteiger partial charge in [-0.25, -0.2) is 9.97 Å². The van der Waals surface area contributed by atoms with Gasteiger partial charge in [-0.05, 0) is 28.8 Å². The zero-order valence-electron chi connectivity index (χ0n) is 7.95. The normalized spacial score (nSPS) is 18.4. The molecule has 1 aliphatic rings. The molecule has 0 radical (unpaired) electrons. The summed E-state index contributed by atoms with van der Waals surface area (Å²) in [5.41, 5.74) is 0. The van der Waals surface area contributed by atoms with Crippen LogP contribution in [0.15, 0.2) is 22.0 Å². The molecule has 4 heteroatoms. The number of rotatable bonds is 2. The van der Waals surface area contributed by atoms with Gasteiger partial charge in [0, 0.05) is 11.4 Å². The molecule has 0 spiro atoms. The maximum absolute atomic E-state index is 4.28. The Bertz CT molecular complexity index is 300. The van der Waals surface area contributed by atoms with E-state index in [1.807, 2.05) is 18.0 Å². The SMILES string of the molecule is Brc1cncnc1SC1CCCCC1. The minimum Gasteiger partial charge on any atom is -0.244 e. The molecule has 0 aliphatic heterocycles. The van der Waals surface area contributed by atoms with Crippen molar-refractivity contribution in [3.05, 3.63) is 17.0 Å². The molecule has 1 heterocycles. The minimum absolute atomic E-state index is 0.759. The van der Waals surface area contributed by atoms with Crippen LogP contribution in [0, 0.1) is 0 Å². The van der Waals surface area contributed by atoms with Crippen LogP contribution in [-0.2, 0) is 0 Å². The first kappa shape index (κ1) is 10.4. The van der Waals surface area contributed by atoms with Gasteiger partial charge in [0.1, 0.15) is 11.4 Å². The molecule has 1 aliphatic carbocycles. The van der Waals surface area contributed by atoms with E-state index in [1.165, 1.54) is 32.1 Å². The van der Waals surface area contributed by atoms with E-state index in [1.54, 1.807) is 6.33 Å². The van der Waals surface area contributed by atoms with Crippen LogP contribution in [0.5, 0.6) is 0 Å². The zero-order chi connectivity index (χ0) is 9.80. The van der Waals surface area contributed by atoms with Gasteiger partial charge in [0.05, 0.1) is 4.47 Å². The Balaban J connectivity index is 1.99. The summed E-state index contributed by atoms with van der Waals surface area (Å²) in [6, 6.07) is 0. The highest BCUT2D eigenvalue weighted by molar-refractivity contribution is 9.10. The molecular formula is C10H13BrN2S. The van der Waals surface area contributed by atoms with E-state index < -0.39 is 0 Å². The molecule has 0 bridgehead atoms. The topological polar surface area (TPSA) is 25.8 Å². The fourth-order valence-corrected chi connectivity index (χ4v) is 3.39. The summed E-state index contributed by atoms with van der Waals surface area (Å²) < 4.78 is 1.02. The molecule has 0 atom stereocenters. The van der Waals surface area contributed by atoms with Crippen molar-refractivity contribution in [2.75, 3.05) is 0 Å². The average molecular weight is 273 g/mol. The maximum atomic E-state index is 4.28. The van der Waals surface area contributed by atoms with E-state index >= 15 is 0 Å². The highest BCUT2D eigenvalue weighted by Gasteiger charge is 2.16. The third-order valence-electron chi connectivity index (χ3n) is 2.46. The van der Waals surface area contributed by atoms with Crippen molar-refractivity contribution in [3.63, 3.8) is 0 Å². The molecule has 0 aromatic carbocycles. The van der Waals surface area contributed by atoms with Crippen molar-refractivity contribution < 1.29 is 0 Å². The quantitative estimate of drug-likeness (QED) is 0.769. The second-order valence-electron chi connectivity index (χ2n) is 3.55. The summed E-state index contributed by atoms with van der Waals surface area (Å²) in [7, 11) is 0. The van der Waals surface area contributed by atoms with Gasteiger partial charge >= 0.3 is 0 Å². The number of halogens is 1. The van der Waals surface area contributed by atoms with Crippen molar-refractivity contribution in [2.24, 2.45) is 0 Å². The first-order chi connectivity index (χ1) is 6.86. The molecule has 0 N–H and O–H groups in total. The molecule has 1 aromatic rings. The van der Waals surface area contributed by atoms with Gasteiger partial charge in [-0.1, -0.05) is 19.3 Å². The van der Waals surface area contributed by atoms with Crippen LogP contribution >= 0.6 is 27.7 Å². The second kappa shape index (κ2) is 5.12. The standard InChI is InChI=1S/C10H13BrN2S/c11-9-6-12-7-13-10(9)14-8-4-2-1-3-5-8/h6-8H,1-5H2. The van der Waals surface area contributed by atoms with Crippen molar-refractivity contribution in [2.45, 2.75) is 42.4 Å². The molecule has 1 aromatic heterocycles. The highest BCUT2D eigenvalue weighted by Crippen LogP contribution is 2.35. The number of hydrogen-bond acceptors (Lipinski definition) is 3. The van der Waals surface area contributed by atoms with E-state index in [0.29, 0.717) is 0 Å². The molecule has 0 unspecified atom stereocenters. The number of aromatic nitrogens is 2. The zero-order valence-corrected chi connectivity index (χ0v) is 10.4. The summed E-state index contributed by atoms with van der Waals surface area (Å²) in [6.45, 7) is 0. The van der Waals surface area contributed by atoms with Gasteiger partial charge in [0.15, 0.2) is 0 Å². The van der Waals surface area contributed by atoms with Crippen molar-refractivity contribution in [1.82, 2.24) is 9.97 Å². The van der Waals surface area contributed by atoms with E-state index in [0.717, 1.165) is 14.7 Å². The average Bonchev–Trinajstić information content (AvgIpc) is 2.23. The molecule has 14 heavy (non-hydrogen) atoms. The lowest BCUT2D eigenvalue weighted by Crippen LogP contribution is -2.08. The van der Waals surface area contributed by atoms with Crippen LogP contribution in [0.3, 0.4) is 0 Å².